The van der Waals surface area contributed by atoms with Crippen LogP contribution in [0.25, 0.3) is 0 Å². The molecule has 15 heavy (non-hydrogen) atoms. The Labute approximate surface area is 95.7 Å². The van der Waals surface area contributed by atoms with E-state index in [0.29, 0.717) is 12.1 Å². The molecule has 0 unspecified atom stereocenters. The molecule has 0 atom stereocenters. The summed E-state index contributed by atoms with van der Waals surface area (Å²) in [6, 6.07) is 6.84. The lowest BCUT2D eigenvalue weighted by atomic mass is 9.84. The Bertz CT molecular complexity index is 333. The highest BCUT2D eigenvalue weighted by molar-refractivity contribution is 5.87. The second-order valence-electron chi connectivity index (χ2n) is 3.97. The quantitative estimate of drug-likeness (QED) is 0.834. The summed E-state index contributed by atoms with van der Waals surface area (Å²) in [5.41, 5.74) is 6.89. The van der Waals surface area contributed by atoms with Crippen LogP contribution in [0.2, 0.25) is 0 Å². The van der Waals surface area contributed by atoms with Gasteiger partial charge in [0.1, 0.15) is 0 Å². The van der Waals surface area contributed by atoms with Gasteiger partial charge in [0.05, 0.1) is 5.56 Å². The summed E-state index contributed by atoms with van der Waals surface area (Å²) < 4.78 is 0. The lowest BCUT2D eigenvalue weighted by Gasteiger charge is -2.22. The summed E-state index contributed by atoms with van der Waals surface area (Å²) in [6.07, 6.45) is 0. The van der Waals surface area contributed by atoms with Gasteiger partial charge in [-0.1, -0.05) is 26.0 Å². The fourth-order valence-electron chi connectivity index (χ4n) is 1.18. The summed E-state index contributed by atoms with van der Waals surface area (Å²) in [4.78, 5) is 10.6. The Balaban J connectivity index is 0.00000196. The van der Waals surface area contributed by atoms with Crippen LogP contribution < -0.4 is 5.73 Å². The monoisotopic (exact) mass is 229 g/mol. The minimum absolute atomic E-state index is 0. The van der Waals surface area contributed by atoms with Crippen LogP contribution in [0.1, 0.15) is 29.8 Å². The molecule has 0 heterocycles. The third-order valence-electron chi connectivity index (χ3n) is 2.42. The molecule has 1 aromatic carbocycles. The molecule has 0 saturated carbocycles. The normalized spacial score (nSPS) is 10.6. The van der Waals surface area contributed by atoms with E-state index >= 15 is 0 Å². The predicted octanol–water partition coefficient (Wildman–Crippen LogP) is 2.04. The van der Waals surface area contributed by atoms with Gasteiger partial charge in [-0.15, -0.1) is 12.4 Å². The highest BCUT2D eigenvalue weighted by Gasteiger charge is 2.18. The van der Waals surface area contributed by atoms with E-state index in [1.54, 1.807) is 12.1 Å². The first-order valence-corrected chi connectivity index (χ1v) is 4.51. The Kier molecular flexibility index (Phi) is 4.78. The first-order valence-electron chi connectivity index (χ1n) is 4.51. The van der Waals surface area contributed by atoms with Gasteiger partial charge in [-0.25, -0.2) is 4.79 Å². The van der Waals surface area contributed by atoms with Crippen molar-refractivity contribution in [3.63, 3.8) is 0 Å². The van der Waals surface area contributed by atoms with Gasteiger partial charge in [0.2, 0.25) is 0 Å². The standard InChI is InChI=1S/C11H15NO2.ClH/c1-11(2,7-12)9-5-3-8(4-6-9)10(13)14;/h3-6H,7,12H2,1-2H3,(H,13,14);1H. The molecule has 1 rings (SSSR count). The molecule has 3 N–H and O–H groups in total. The zero-order chi connectivity index (χ0) is 10.8. The third-order valence-corrected chi connectivity index (χ3v) is 2.42. The van der Waals surface area contributed by atoms with Gasteiger partial charge >= 0.3 is 5.97 Å². The van der Waals surface area contributed by atoms with Crippen LogP contribution >= 0.6 is 12.4 Å². The fraction of sp³-hybridized carbons (Fsp3) is 0.364. The number of aromatic carboxylic acids is 1. The molecule has 0 amide bonds. The SMILES string of the molecule is CC(C)(CN)c1ccc(C(=O)O)cc1.Cl. The van der Waals surface area contributed by atoms with Crippen molar-refractivity contribution in [2.75, 3.05) is 6.54 Å². The third kappa shape index (κ3) is 3.22. The highest BCUT2D eigenvalue weighted by atomic mass is 35.5. The summed E-state index contributed by atoms with van der Waals surface area (Å²) in [7, 11) is 0. The summed E-state index contributed by atoms with van der Waals surface area (Å²) in [6.45, 7) is 4.60. The molecule has 0 aliphatic carbocycles. The van der Waals surface area contributed by atoms with E-state index < -0.39 is 5.97 Å². The van der Waals surface area contributed by atoms with Crippen molar-refractivity contribution in [2.24, 2.45) is 5.73 Å². The van der Waals surface area contributed by atoms with Crippen LogP contribution in [-0.2, 0) is 5.41 Å². The number of halogens is 1. The van der Waals surface area contributed by atoms with Crippen molar-refractivity contribution in [1.29, 1.82) is 0 Å². The molecule has 0 bridgehead atoms. The van der Waals surface area contributed by atoms with Crippen molar-refractivity contribution >= 4 is 18.4 Å². The molecule has 0 spiro atoms. The molecule has 4 heteroatoms. The maximum absolute atomic E-state index is 10.6. The molecule has 0 aliphatic heterocycles. The number of nitrogens with two attached hydrogens (primary N) is 1. The van der Waals surface area contributed by atoms with E-state index in [9.17, 15) is 4.79 Å². The zero-order valence-corrected chi connectivity index (χ0v) is 9.67. The van der Waals surface area contributed by atoms with E-state index in [1.165, 1.54) is 0 Å². The van der Waals surface area contributed by atoms with E-state index in [4.69, 9.17) is 10.8 Å². The van der Waals surface area contributed by atoms with Gasteiger partial charge in [0, 0.05) is 12.0 Å². The van der Waals surface area contributed by atoms with Gasteiger partial charge in [-0.2, -0.15) is 0 Å². The number of carboxylic acid groups (broad SMARTS) is 1. The van der Waals surface area contributed by atoms with Crippen LogP contribution in [0, 0.1) is 0 Å². The molecule has 3 nitrogen and oxygen atoms in total. The molecule has 1 aromatic rings. The highest BCUT2D eigenvalue weighted by Crippen LogP contribution is 2.21. The number of rotatable bonds is 3. The fourth-order valence-corrected chi connectivity index (χ4v) is 1.18. The van der Waals surface area contributed by atoms with Gasteiger partial charge in [-0.3, -0.25) is 0 Å². The van der Waals surface area contributed by atoms with Crippen LogP contribution in [0.3, 0.4) is 0 Å². The van der Waals surface area contributed by atoms with Crippen molar-refractivity contribution < 1.29 is 9.90 Å². The zero-order valence-electron chi connectivity index (χ0n) is 8.86. The molecule has 0 aliphatic rings. The second kappa shape index (κ2) is 5.14. The lowest BCUT2D eigenvalue weighted by molar-refractivity contribution is 0.0697. The molecule has 0 saturated heterocycles. The number of benzene rings is 1. The molecule has 0 fully saturated rings. The van der Waals surface area contributed by atoms with Gasteiger partial charge in [0.15, 0.2) is 0 Å². The van der Waals surface area contributed by atoms with Crippen LogP contribution in [0.4, 0.5) is 0 Å². The average Bonchev–Trinajstić information content (AvgIpc) is 2.18. The minimum atomic E-state index is -0.901. The minimum Gasteiger partial charge on any atom is -0.478 e. The van der Waals surface area contributed by atoms with E-state index in [-0.39, 0.29) is 17.8 Å². The van der Waals surface area contributed by atoms with E-state index in [2.05, 4.69) is 0 Å². The second-order valence-corrected chi connectivity index (χ2v) is 3.97. The Morgan fingerprint density at radius 3 is 2.13 bits per heavy atom. The summed E-state index contributed by atoms with van der Waals surface area (Å²) in [5.74, 6) is -0.901. The van der Waals surface area contributed by atoms with Gasteiger partial charge < -0.3 is 10.8 Å². The first kappa shape index (κ1) is 13.9. The Morgan fingerprint density at radius 2 is 1.80 bits per heavy atom. The number of hydrogen-bond donors (Lipinski definition) is 2. The van der Waals surface area contributed by atoms with Gasteiger partial charge in [-0.05, 0) is 17.7 Å². The molecule has 84 valence electrons. The molecule has 0 aromatic heterocycles. The maximum Gasteiger partial charge on any atom is 0.335 e. The Hall–Kier alpha value is -1.06. The largest absolute Gasteiger partial charge is 0.478 e. The van der Waals surface area contributed by atoms with Crippen LogP contribution in [0.15, 0.2) is 24.3 Å². The average molecular weight is 230 g/mol. The van der Waals surface area contributed by atoms with Crippen LogP contribution in [-0.4, -0.2) is 17.6 Å². The molecular weight excluding hydrogens is 214 g/mol. The Morgan fingerprint density at radius 1 is 1.33 bits per heavy atom. The summed E-state index contributed by atoms with van der Waals surface area (Å²) >= 11 is 0. The molecule has 0 radical (unpaired) electrons. The maximum atomic E-state index is 10.6. The van der Waals surface area contributed by atoms with Crippen molar-refractivity contribution in [3.05, 3.63) is 35.4 Å². The van der Waals surface area contributed by atoms with Crippen LogP contribution in [0.5, 0.6) is 0 Å². The van der Waals surface area contributed by atoms with E-state index in [1.807, 2.05) is 26.0 Å². The van der Waals surface area contributed by atoms with Gasteiger partial charge in [0.25, 0.3) is 0 Å². The lowest BCUT2D eigenvalue weighted by Crippen LogP contribution is -2.28. The van der Waals surface area contributed by atoms with Crippen molar-refractivity contribution in [1.82, 2.24) is 0 Å². The first-order chi connectivity index (χ1) is 6.47. The number of carboxylic acids is 1. The topological polar surface area (TPSA) is 63.3 Å². The van der Waals surface area contributed by atoms with Crippen molar-refractivity contribution in [2.45, 2.75) is 19.3 Å². The van der Waals surface area contributed by atoms with Crippen molar-refractivity contribution in [3.8, 4) is 0 Å². The number of carbonyl (C=O) groups is 1. The number of hydrogen-bond acceptors (Lipinski definition) is 2. The molecular formula is C11H16ClNO2. The smallest absolute Gasteiger partial charge is 0.335 e. The predicted molar refractivity (Wildman–Crippen MR) is 62.7 cm³/mol. The van der Waals surface area contributed by atoms with E-state index in [0.717, 1.165) is 5.56 Å². The summed E-state index contributed by atoms with van der Waals surface area (Å²) in [5, 5.41) is 8.71.